The van der Waals surface area contributed by atoms with E-state index >= 15 is 0 Å². The average molecular weight is 478 g/mol. The molecule has 1 amide bonds. The topological polar surface area (TPSA) is 91.0 Å². The van der Waals surface area contributed by atoms with Crippen LogP contribution in [0.4, 0.5) is 4.39 Å². The molecule has 1 aliphatic rings. The maximum atomic E-state index is 13.5. The molecule has 1 aromatic heterocycles. The number of carbonyl (C=O) groups is 2. The maximum Gasteiger partial charge on any atom is 0.290 e. The molecule has 0 bridgehead atoms. The van der Waals surface area contributed by atoms with E-state index in [4.69, 9.17) is 16.0 Å². The largest absolute Gasteiger partial charge is 0.508 e. The van der Waals surface area contributed by atoms with Gasteiger partial charge in [-0.15, -0.1) is 0 Å². The molecule has 0 aliphatic carbocycles. The molecule has 2 N–H and O–H groups in total. The van der Waals surface area contributed by atoms with Crippen LogP contribution in [0.1, 0.15) is 27.7 Å². The number of carbonyl (C=O) groups excluding carboxylic acids is 2. The second kappa shape index (κ2) is 8.35. The highest BCUT2D eigenvalue weighted by atomic mass is 35.5. The van der Waals surface area contributed by atoms with Gasteiger partial charge in [-0.2, -0.15) is 0 Å². The molecule has 8 heteroatoms. The van der Waals surface area contributed by atoms with E-state index in [0.717, 1.165) is 0 Å². The molecular formula is C26H17ClFNO5. The average Bonchev–Trinajstić information content (AvgIpc) is 3.34. The van der Waals surface area contributed by atoms with Crippen LogP contribution in [0.15, 0.2) is 88.5 Å². The number of aromatic hydroxyl groups is 1. The molecule has 3 aromatic carbocycles. The number of phenolic OH excluding ortho intramolecular Hbond substituents is 1. The van der Waals surface area contributed by atoms with Gasteiger partial charge in [-0.3, -0.25) is 9.59 Å². The number of halogens is 2. The lowest BCUT2D eigenvalue weighted by atomic mass is 9.94. The van der Waals surface area contributed by atoms with Crippen LogP contribution in [-0.2, 0) is 11.3 Å². The van der Waals surface area contributed by atoms with E-state index in [2.05, 4.69) is 0 Å². The molecular weight excluding hydrogens is 461 g/mol. The summed E-state index contributed by atoms with van der Waals surface area (Å²) >= 11 is 6.03. The van der Waals surface area contributed by atoms with Crippen molar-refractivity contribution in [3.05, 3.63) is 112 Å². The molecule has 0 saturated heterocycles. The van der Waals surface area contributed by atoms with Crippen LogP contribution in [0, 0.1) is 5.82 Å². The third-order valence-electron chi connectivity index (χ3n) is 5.70. The van der Waals surface area contributed by atoms with Gasteiger partial charge in [-0.05, 0) is 59.7 Å². The number of nitrogens with zero attached hydrogens (tertiary/aromatic N) is 1. The van der Waals surface area contributed by atoms with Crippen molar-refractivity contribution in [1.29, 1.82) is 0 Å². The number of fused-ring (bicyclic) bond motifs is 1. The monoisotopic (exact) mass is 477 g/mol. The first kappa shape index (κ1) is 21.7. The Morgan fingerprint density at radius 1 is 1.03 bits per heavy atom. The summed E-state index contributed by atoms with van der Waals surface area (Å²) in [4.78, 5) is 27.9. The zero-order valence-corrected chi connectivity index (χ0v) is 18.3. The molecule has 0 fully saturated rings. The summed E-state index contributed by atoms with van der Waals surface area (Å²) in [6.45, 7) is -0.00395. The Hall–Kier alpha value is -4.10. The zero-order valence-electron chi connectivity index (χ0n) is 17.5. The van der Waals surface area contributed by atoms with E-state index in [-0.39, 0.29) is 23.6 Å². The molecule has 4 aromatic rings. The second-order valence-electron chi connectivity index (χ2n) is 7.94. The van der Waals surface area contributed by atoms with Gasteiger partial charge in [-0.25, -0.2) is 4.39 Å². The molecule has 2 heterocycles. The van der Waals surface area contributed by atoms with Gasteiger partial charge in [0.15, 0.2) is 11.5 Å². The number of Topliss-reactive ketones (excluding diaryl/α,β-unsaturated/α-hetero) is 1. The highest BCUT2D eigenvalue weighted by molar-refractivity contribution is 6.31. The Labute approximate surface area is 198 Å². The molecule has 5 rings (SSSR count). The fourth-order valence-corrected chi connectivity index (χ4v) is 4.32. The SMILES string of the molecule is O=C(C1=C(O)C(=O)N(Cc2ccc(F)cc2)C1c1cccc(O)c1)c1cc2cc(Cl)ccc2o1. The lowest BCUT2D eigenvalue weighted by Gasteiger charge is -2.27. The quantitative estimate of drug-likeness (QED) is 0.359. The lowest BCUT2D eigenvalue weighted by Crippen LogP contribution is -2.30. The molecule has 6 nitrogen and oxygen atoms in total. The number of hydrogen-bond donors (Lipinski definition) is 2. The summed E-state index contributed by atoms with van der Waals surface area (Å²) in [5.74, 6) is -2.71. The fourth-order valence-electron chi connectivity index (χ4n) is 4.14. The van der Waals surface area contributed by atoms with Crippen LogP contribution in [0.25, 0.3) is 11.0 Å². The first-order valence-corrected chi connectivity index (χ1v) is 10.7. The summed E-state index contributed by atoms with van der Waals surface area (Å²) in [7, 11) is 0. The number of aliphatic hydroxyl groups is 1. The van der Waals surface area contributed by atoms with E-state index in [1.165, 1.54) is 47.4 Å². The molecule has 34 heavy (non-hydrogen) atoms. The molecule has 1 unspecified atom stereocenters. The van der Waals surface area contributed by atoms with E-state index in [1.54, 1.807) is 30.3 Å². The van der Waals surface area contributed by atoms with Crippen LogP contribution < -0.4 is 0 Å². The number of aliphatic hydroxyl groups excluding tert-OH is 1. The van der Waals surface area contributed by atoms with E-state index in [1.807, 2.05) is 0 Å². The van der Waals surface area contributed by atoms with Gasteiger partial charge in [-0.1, -0.05) is 35.9 Å². The molecule has 0 spiro atoms. The fraction of sp³-hybridized carbons (Fsp3) is 0.0769. The Morgan fingerprint density at radius 2 is 1.79 bits per heavy atom. The number of benzene rings is 3. The number of phenols is 1. The van der Waals surface area contributed by atoms with Crippen LogP contribution in [0.3, 0.4) is 0 Å². The van der Waals surface area contributed by atoms with Gasteiger partial charge in [0.25, 0.3) is 5.91 Å². The molecule has 170 valence electrons. The summed E-state index contributed by atoms with van der Waals surface area (Å²) in [5.41, 5.74) is 1.26. The van der Waals surface area contributed by atoms with Gasteiger partial charge < -0.3 is 19.5 Å². The van der Waals surface area contributed by atoms with Crippen LogP contribution in [0.2, 0.25) is 5.02 Å². The van der Waals surface area contributed by atoms with Crippen molar-refractivity contribution in [2.75, 3.05) is 0 Å². The Bertz CT molecular complexity index is 1470. The van der Waals surface area contributed by atoms with Gasteiger partial charge >= 0.3 is 0 Å². The van der Waals surface area contributed by atoms with E-state index < -0.39 is 29.3 Å². The summed E-state index contributed by atoms with van der Waals surface area (Å²) in [6.07, 6.45) is 0. The lowest BCUT2D eigenvalue weighted by molar-refractivity contribution is -0.130. The van der Waals surface area contributed by atoms with Gasteiger partial charge in [0, 0.05) is 17.0 Å². The number of furan rings is 1. The smallest absolute Gasteiger partial charge is 0.290 e. The Balaban J connectivity index is 1.60. The first-order chi connectivity index (χ1) is 16.3. The van der Waals surface area contributed by atoms with Gasteiger partial charge in [0.1, 0.15) is 17.1 Å². The van der Waals surface area contributed by atoms with E-state index in [9.17, 15) is 24.2 Å². The van der Waals surface area contributed by atoms with Crippen LogP contribution in [-0.4, -0.2) is 26.8 Å². The Kier molecular flexibility index (Phi) is 5.34. The predicted octanol–water partition coefficient (Wildman–Crippen LogP) is 5.71. The minimum Gasteiger partial charge on any atom is -0.508 e. The molecule has 1 aliphatic heterocycles. The van der Waals surface area contributed by atoms with Crippen molar-refractivity contribution >= 4 is 34.3 Å². The third kappa shape index (κ3) is 3.80. The minimum absolute atomic E-state index is 0.00395. The first-order valence-electron chi connectivity index (χ1n) is 10.3. The van der Waals surface area contributed by atoms with Crippen LogP contribution >= 0.6 is 11.6 Å². The van der Waals surface area contributed by atoms with Crippen molar-refractivity contribution in [2.45, 2.75) is 12.6 Å². The minimum atomic E-state index is -1.01. The highest BCUT2D eigenvalue weighted by Crippen LogP contribution is 2.41. The normalized spacial score (nSPS) is 16.0. The van der Waals surface area contributed by atoms with Crippen molar-refractivity contribution in [1.82, 2.24) is 4.90 Å². The third-order valence-corrected chi connectivity index (χ3v) is 5.94. The molecule has 1 atom stereocenters. The standard InChI is InChI=1S/C26H17ClFNO5/c27-17-6-9-20-16(10-17)12-21(34-20)24(31)22-23(15-2-1-3-19(30)11-15)29(26(33)25(22)32)13-14-4-7-18(28)8-5-14/h1-12,23,30,32H,13H2. The van der Waals surface area contributed by atoms with Crippen molar-refractivity contribution in [2.24, 2.45) is 0 Å². The summed E-state index contributed by atoms with van der Waals surface area (Å²) in [5, 5.41) is 21.9. The van der Waals surface area contributed by atoms with Crippen LogP contribution in [0.5, 0.6) is 5.75 Å². The number of hydrogen-bond acceptors (Lipinski definition) is 5. The van der Waals surface area contributed by atoms with Crippen molar-refractivity contribution in [3.63, 3.8) is 0 Å². The zero-order chi connectivity index (χ0) is 24.0. The number of rotatable bonds is 5. The van der Waals surface area contributed by atoms with E-state index in [0.29, 0.717) is 27.1 Å². The van der Waals surface area contributed by atoms with Crippen molar-refractivity contribution in [3.8, 4) is 5.75 Å². The molecule has 0 saturated carbocycles. The van der Waals surface area contributed by atoms with Crippen molar-refractivity contribution < 1.29 is 28.6 Å². The summed E-state index contributed by atoms with van der Waals surface area (Å²) in [6, 6.07) is 17.0. The second-order valence-corrected chi connectivity index (χ2v) is 8.38. The van der Waals surface area contributed by atoms with Gasteiger partial charge in [0.2, 0.25) is 5.78 Å². The van der Waals surface area contributed by atoms with Gasteiger partial charge in [0.05, 0.1) is 11.6 Å². The maximum absolute atomic E-state index is 13.5. The number of amides is 1. The predicted molar refractivity (Wildman–Crippen MR) is 123 cm³/mol. The highest BCUT2D eigenvalue weighted by Gasteiger charge is 2.44. The Morgan fingerprint density at radius 3 is 2.53 bits per heavy atom. The summed E-state index contributed by atoms with van der Waals surface area (Å²) < 4.78 is 19.1. The molecule has 0 radical (unpaired) electrons. The number of ketones is 1.